The van der Waals surface area contributed by atoms with E-state index in [9.17, 15) is 0 Å². The van der Waals surface area contributed by atoms with Crippen LogP contribution in [0, 0.1) is 5.92 Å². The number of rotatable bonds is 6. The van der Waals surface area contributed by atoms with Crippen LogP contribution in [-0.2, 0) is 0 Å². The summed E-state index contributed by atoms with van der Waals surface area (Å²) in [5.74, 6) is 0.991. The Morgan fingerprint density at radius 2 is 1.93 bits per heavy atom. The van der Waals surface area contributed by atoms with E-state index in [4.69, 9.17) is 5.11 Å². The minimum absolute atomic E-state index is 0.158. The summed E-state index contributed by atoms with van der Waals surface area (Å²) in [5.41, 5.74) is 0. The topological polar surface area (TPSA) is 32.3 Å². The summed E-state index contributed by atoms with van der Waals surface area (Å²) in [4.78, 5) is 0. The number of nitrogens with one attached hydrogen (secondary N) is 1. The Morgan fingerprint density at radius 3 is 2.47 bits per heavy atom. The van der Waals surface area contributed by atoms with E-state index in [0.717, 1.165) is 24.9 Å². The molecule has 1 rings (SSSR count). The van der Waals surface area contributed by atoms with Crippen molar-refractivity contribution in [3.8, 4) is 0 Å². The van der Waals surface area contributed by atoms with Crippen LogP contribution in [0.25, 0.3) is 0 Å². The van der Waals surface area contributed by atoms with Crippen LogP contribution in [0.4, 0.5) is 0 Å². The Kier molecular flexibility index (Phi) is 6.26. The fourth-order valence-corrected chi connectivity index (χ4v) is 2.56. The molecule has 1 fully saturated rings. The minimum Gasteiger partial charge on any atom is -0.393 e. The molecular weight excluding hydrogens is 186 g/mol. The molecule has 0 aromatic heterocycles. The third kappa shape index (κ3) is 5.53. The molecule has 2 nitrogen and oxygen atoms in total. The van der Waals surface area contributed by atoms with Crippen LogP contribution >= 0.6 is 0 Å². The number of aliphatic hydroxyl groups excluding tert-OH is 1. The van der Waals surface area contributed by atoms with Crippen LogP contribution < -0.4 is 5.32 Å². The Hall–Kier alpha value is -0.0800. The molecule has 0 spiro atoms. The zero-order valence-corrected chi connectivity index (χ0v) is 10.3. The van der Waals surface area contributed by atoms with E-state index in [1.807, 2.05) is 6.92 Å². The largest absolute Gasteiger partial charge is 0.393 e. The van der Waals surface area contributed by atoms with Gasteiger partial charge in [0.25, 0.3) is 0 Å². The highest BCUT2D eigenvalue weighted by Crippen LogP contribution is 2.27. The van der Waals surface area contributed by atoms with Gasteiger partial charge in [-0.1, -0.05) is 19.8 Å². The molecule has 2 heteroatoms. The lowest BCUT2D eigenvalue weighted by atomic mass is 9.83. The van der Waals surface area contributed by atoms with E-state index in [1.54, 1.807) is 0 Å². The molecule has 0 aliphatic heterocycles. The summed E-state index contributed by atoms with van der Waals surface area (Å²) in [6, 6.07) is 0.719. The first-order chi connectivity index (χ1) is 7.22. The highest BCUT2D eigenvalue weighted by Gasteiger charge is 2.19. The van der Waals surface area contributed by atoms with E-state index in [2.05, 4.69) is 12.2 Å². The van der Waals surface area contributed by atoms with E-state index < -0.39 is 0 Å². The lowest BCUT2D eigenvalue weighted by Gasteiger charge is -2.29. The van der Waals surface area contributed by atoms with E-state index in [-0.39, 0.29) is 6.10 Å². The highest BCUT2D eigenvalue weighted by molar-refractivity contribution is 4.77. The molecule has 0 unspecified atom stereocenters. The number of aliphatic hydroxyl groups is 1. The van der Waals surface area contributed by atoms with Crippen LogP contribution in [-0.4, -0.2) is 23.8 Å². The Morgan fingerprint density at radius 1 is 1.27 bits per heavy atom. The summed E-state index contributed by atoms with van der Waals surface area (Å²) in [5, 5.41) is 12.7. The van der Waals surface area contributed by atoms with Crippen LogP contribution in [0.5, 0.6) is 0 Å². The van der Waals surface area contributed by atoms with Crippen LogP contribution in [0.3, 0.4) is 0 Å². The Balaban J connectivity index is 2.04. The van der Waals surface area contributed by atoms with Gasteiger partial charge in [-0.15, -0.1) is 0 Å². The first-order valence-electron chi connectivity index (χ1n) is 6.63. The molecule has 0 heterocycles. The second kappa shape index (κ2) is 7.24. The fourth-order valence-electron chi connectivity index (χ4n) is 2.56. The first-order valence-corrected chi connectivity index (χ1v) is 6.63. The summed E-state index contributed by atoms with van der Waals surface area (Å²) < 4.78 is 0. The molecule has 0 amide bonds. The molecule has 1 aliphatic carbocycles. The summed E-state index contributed by atoms with van der Waals surface area (Å²) in [6.07, 6.45) is 8.96. The maximum Gasteiger partial charge on any atom is 0.0524 e. The van der Waals surface area contributed by atoms with Crippen molar-refractivity contribution in [3.63, 3.8) is 0 Å². The summed E-state index contributed by atoms with van der Waals surface area (Å²) >= 11 is 0. The molecule has 1 saturated carbocycles. The highest BCUT2D eigenvalue weighted by atomic mass is 16.3. The van der Waals surface area contributed by atoms with Gasteiger partial charge in [0, 0.05) is 6.04 Å². The van der Waals surface area contributed by atoms with Gasteiger partial charge in [-0.05, 0) is 51.5 Å². The van der Waals surface area contributed by atoms with Crippen molar-refractivity contribution < 1.29 is 5.11 Å². The van der Waals surface area contributed by atoms with Gasteiger partial charge in [0.1, 0.15) is 0 Å². The molecule has 0 aromatic carbocycles. The molecule has 1 atom stereocenters. The standard InChI is InChI=1S/C13H27NO/c1-3-4-12-5-7-13(8-6-12)14-10-9-11(2)15/h11-15H,3-10H2,1-2H3/t11-,12?,13?/m1/s1. The molecule has 2 N–H and O–H groups in total. The smallest absolute Gasteiger partial charge is 0.0524 e. The molecule has 90 valence electrons. The summed E-state index contributed by atoms with van der Waals surface area (Å²) in [6.45, 7) is 5.12. The van der Waals surface area contributed by atoms with Crippen molar-refractivity contribution in [1.82, 2.24) is 5.32 Å². The molecule has 0 bridgehead atoms. The maximum absolute atomic E-state index is 9.15. The van der Waals surface area contributed by atoms with Gasteiger partial charge in [-0.25, -0.2) is 0 Å². The lowest BCUT2D eigenvalue weighted by molar-refractivity contribution is 0.179. The normalized spacial score (nSPS) is 29.0. The van der Waals surface area contributed by atoms with Gasteiger partial charge in [0.15, 0.2) is 0 Å². The van der Waals surface area contributed by atoms with Crippen LogP contribution in [0.15, 0.2) is 0 Å². The van der Waals surface area contributed by atoms with Crippen molar-refractivity contribution >= 4 is 0 Å². The molecule has 0 saturated heterocycles. The van der Waals surface area contributed by atoms with Crippen LogP contribution in [0.1, 0.15) is 58.8 Å². The Bertz CT molecular complexity index is 151. The third-order valence-corrected chi connectivity index (χ3v) is 3.54. The second-order valence-corrected chi connectivity index (χ2v) is 5.10. The average Bonchev–Trinajstić information content (AvgIpc) is 2.20. The SMILES string of the molecule is CCCC1CCC(NCC[C@@H](C)O)CC1. The van der Waals surface area contributed by atoms with Crippen molar-refractivity contribution in [2.75, 3.05) is 6.54 Å². The van der Waals surface area contributed by atoms with Crippen molar-refractivity contribution in [2.24, 2.45) is 5.92 Å². The Labute approximate surface area is 94.5 Å². The van der Waals surface area contributed by atoms with Gasteiger partial charge < -0.3 is 10.4 Å². The third-order valence-electron chi connectivity index (χ3n) is 3.54. The summed E-state index contributed by atoms with van der Waals surface area (Å²) in [7, 11) is 0. The van der Waals surface area contributed by atoms with Gasteiger partial charge in [-0.3, -0.25) is 0 Å². The van der Waals surface area contributed by atoms with Gasteiger partial charge in [0.05, 0.1) is 6.10 Å². The second-order valence-electron chi connectivity index (χ2n) is 5.10. The molecule has 0 aromatic rings. The van der Waals surface area contributed by atoms with Crippen molar-refractivity contribution in [1.29, 1.82) is 0 Å². The average molecular weight is 213 g/mol. The van der Waals surface area contributed by atoms with E-state index in [0.29, 0.717) is 0 Å². The van der Waals surface area contributed by atoms with E-state index >= 15 is 0 Å². The molecular formula is C13H27NO. The van der Waals surface area contributed by atoms with Gasteiger partial charge >= 0.3 is 0 Å². The first kappa shape index (κ1) is 13.0. The molecule has 1 aliphatic rings. The van der Waals surface area contributed by atoms with Crippen molar-refractivity contribution in [2.45, 2.75) is 70.9 Å². The maximum atomic E-state index is 9.15. The quantitative estimate of drug-likeness (QED) is 0.711. The van der Waals surface area contributed by atoms with Gasteiger partial charge in [-0.2, -0.15) is 0 Å². The van der Waals surface area contributed by atoms with Crippen LogP contribution in [0.2, 0.25) is 0 Å². The molecule has 0 radical (unpaired) electrons. The predicted octanol–water partition coefficient (Wildman–Crippen LogP) is 2.71. The zero-order valence-electron chi connectivity index (χ0n) is 10.3. The predicted molar refractivity (Wildman–Crippen MR) is 65.0 cm³/mol. The zero-order chi connectivity index (χ0) is 11.1. The number of hydrogen-bond donors (Lipinski definition) is 2. The minimum atomic E-state index is -0.158. The van der Waals surface area contributed by atoms with E-state index in [1.165, 1.54) is 38.5 Å². The van der Waals surface area contributed by atoms with Crippen molar-refractivity contribution in [3.05, 3.63) is 0 Å². The fraction of sp³-hybridized carbons (Fsp3) is 1.00. The molecule has 15 heavy (non-hydrogen) atoms. The lowest BCUT2D eigenvalue weighted by Crippen LogP contribution is -2.34. The number of hydrogen-bond acceptors (Lipinski definition) is 2. The monoisotopic (exact) mass is 213 g/mol. The van der Waals surface area contributed by atoms with Gasteiger partial charge in [0.2, 0.25) is 0 Å².